The first kappa shape index (κ1) is 22.9. The van der Waals surface area contributed by atoms with Crippen LogP contribution in [0.15, 0.2) is 51.9 Å². The van der Waals surface area contributed by atoms with Crippen molar-refractivity contribution in [1.82, 2.24) is 14.4 Å². The van der Waals surface area contributed by atoms with Crippen LogP contribution in [0.3, 0.4) is 0 Å². The first-order valence-electron chi connectivity index (χ1n) is 10.4. The number of hydrogen-bond donors (Lipinski definition) is 1. The molecule has 4 rings (SSSR count). The molecule has 0 atom stereocenters. The van der Waals surface area contributed by atoms with Gasteiger partial charge in [-0.05, 0) is 36.8 Å². The van der Waals surface area contributed by atoms with Crippen molar-refractivity contribution in [3.8, 4) is 5.75 Å². The zero-order chi connectivity index (χ0) is 23.4. The van der Waals surface area contributed by atoms with Gasteiger partial charge in [-0.1, -0.05) is 23.4 Å². The molecule has 0 spiro atoms. The van der Waals surface area contributed by atoms with Gasteiger partial charge in [-0.3, -0.25) is 4.79 Å². The zero-order valence-electron chi connectivity index (χ0n) is 18.3. The molecule has 11 heteroatoms. The Morgan fingerprint density at radius 3 is 2.64 bits per heavy atom. The number of carbonyl (C=O) groups excluding carboxylic acids is 1. The number of benzene rings is 2. The Morgan fingerprint density at radius 2 is 1.91 bits per heavy atom. The molecule has 1 aliphatic heterocycles. The van der Waals surface area contributed by atoms with Gasteiger partial charge in [0.05, 0.1) is 23.7 Å². The summed E-state index contributed by atoms with van der Waals surface area (Å²) in [5.41, 5.74) is 1.25. The smallest absolute Gasteiger partial charge is 0.259 e. The molecule has 0 saturated carbocycles. The van der Waals surface area contributed by atoms with Gasteiger partial charge in [0.25, 0.3) is 5.91 Å². The lowest BCUT2D eigenvalue weighted by Crippen LogP contribution is -2.40. The maximum atomic E-state index is 13.1. The summed E-state index contributed by atoms with van der Waals surface area (Å²) in [5.74, 6) is 0.681. The molecule has 1 fully saturated rings. The quantitative estimate of drug-likeness (QED) is 0.556. The van der Waals surface area contributed by atoms with Crippen molar-refractivity contribution in [2.75, 3.05) is 31.6 Å². The van der Waals surface area contributed by atoms with Crippen LogP contribution >= 0.6 is 0 Å². The van der Waals surface area contributed by atoms with E-state index in [0.717, 1.165) is 0 Å². The number of para-hydroxylation sites is 1. The molecule has 1 saturated heterocycles. The summed E-state index contributed by atoms with van der Waals surface area (Å²) in [6.45, 7) is 4.73. The number of aryl methyl sites for hydroxylation is 2. The van der Waals surface area contributed by atoms with Gasteiger partial charge in [-0.2, -0.15) is 9.29 Å². The number of hydrogen-bond acceptors (Lipinski definition) is 8. The van der Waals surface area contributed by atoms with Crippen LogP contribution in [0.1, 0.15) is 27.6 Å². The van der Waals surface area contributed by atoms with Crippen LogP contribution < -0.4 is 10.1 Å². The number of rotatable bonds is 7. The van der Waals surface area contributed by atoms with E-state index in [1.54, 1.807) is 50.2 Å². The number of nitrogens with one attached hydrogen (secondary N) is 1. The summed E-state index contributed by atoms with van der Waals surface area (Å²) in [5, 5.41) is 6.54. The average Bonchev–Trinajstić information content (AvgIpc) is 3.24. The molecule has 1 aromatic heterocycles. The molecule has 2 aromatic carbocycles. The van der Waals surface area contributed by atoms with E-state index in [1.165, 1.54) is 10.4 Å². The minimum absolute atomic E-state index is 0.0358. The van der Waals surface area contributed by atoms with E-state index >= 15 is 0 Å². The number of sulfonamides is 1. The number of anilines is 1. The molecule has 174 valence electrons. The van der Waals surface area contributed by atoms with E-state index < -0.39 is 15.9 Å². The summed E-state index contributed by atoms with van der Waals surface area (Å²) in [7, 11) is -3.71. The molecule has 2 heterocycles. The molecule has 10 nitrogen and oxygen atoms in total. The summed E-state index contributed by atoms with van der Waals surface area (Å²) in [4.78, 5) is 17.2. The maximum Gasteiger partial charge on any atom is 0.259 e. The molecule has 0 aliphatic carbocycles. The fourth-order valence-corrected chi connectivity index (χ4v) is 5.06. The summed E-state index contributed by atoms with van der Waals surface area (Å²) < 4.78 is 43.5. The van der Waals surface area contributed by atoms with Crippen LogP contribution in [-0.2, 0) is 21.4 Å². The molecule has 0 bridgehead atoms. The third-order valence-corrected chi connectivity index (χ3v) is 7.13. The lowest BCUT2D eigenvalue weighted by molar-refractivity contribution is 0.0730. The van der Waals surface area contributed by atoms with E-state index in [9.17, 15) is 13.2 Å². The van der Waals surface area contributed by atoms with Crippen LogP contribution in [0.25, 0.3) is 0 Å². The SMILES string of the molecule is Cc1nc(COc2ccccc2C(=O)Nc2ccc(C)c(S(=O)(=O)N3CCOCC3)c2)no1. The Bertz CT molecular complexity index is 1250. The van der Waals surface area contributed by atoms with Crippen LogP contribution in [-0.4, -0.2) is 55.1 Å². The topological polar surface area (TPSA) is 124 Å². The third-order valence-electron chi connectivity index (χ3n) is 5.09. The molecule has 33 heavy (non-hydrogen) atoms. The van der Waals surface area contributed by atoms with Crippen molar-refractivity contribution < 1.29 is 27.2 Å². The second-order valence-corrected chi connectivity index (χ2v) is 9.37. The number of morpholine rings is 1. The summed E-state index contributed by atoms with van der Waals surface area (Å²) in [6, 6.07) is 11.5. The highest BCUT2D eigenvalue weighted by molar-refractivity contribution is 7.89. The number of aromatic nitrogens is 2. The first-order valence-corrected chi connectivity index (χ1v) is 11.8. The average molecular weight is 473 g/mol. The van der Waals surface area contributed by atoms with Gasteiger partial charge < -0.3 is 19.3 Å². The highest BCUT2D eigenvalue weighted by Gasteiger charge is 2.28. The van der Waals surface area contributed by atoms with Crippen LogP contribution in [0, 0.1) is 13.8 Å². The highest BCUT2D eigenvalue weighted by Crippen LogP contribution is 2.26. The second kappa shape index (κ2) is 9.69. The minimum atomic E-state index is -3.71. The molecule has 0 radical (unpaired) electrons. The van der Waals surface area contributed by atoms with Gasteiger partial charge in [0.1, 0.15) is 5.75 Å². The van der Waals surface area contributed by atoms with Gasteiger partial charge >= 0.3 is 0 Å². The van der Waals surface area contributed by atoms with Crippen LogP contribution in [0.2, 0.25) is 0 Å². The zero-order valence-corrected chi connectivity index (χ0v) is 19.1. The molecular weight excluding hydrogens is 448 g/mol. The fraction of sp³-hybridized carbons (Fsp3) is 0.318. The van der Waals surface area contributed by atoms with Gasteiger partial charge in [-0.15, -0.1) is 0 Å². The Kier molecular flexibility index (Phi) is 6.72. The van der Waals surface area contributed by atoms with E-state index in [2.05, 4.69) is 15.5 Å². The normalized spacial score (nSPS) is 14.7. The summed E-state index contributed by atoms with van der Waals surface area (Å²) in [6.07, 6.45) is 0. The number of nitrogens with zero attached hydrogens (tertiary/aromatic N) is 3. The molecule has 0 unspecified atom stereocenters. The van der Waals surface area contributed by atoms with Gasteiger partial charge in [-0.25, -0.2) is 8.42 Å². The molecule has 3 aromatic rings. The number of carbonyl (C=O) groups is 1. The highest BCUT2D eigenvalue weighted by atomic mass is 32.2. The number of ether oxygens (including phenoxy) is 2. The maximum absolute atomic E-state index is 13.1. The van der Waals surface area contributed by atoms with Crippen LogP contribution in [0.5, 0.6) is 5.75 Å². The Morgan fingerprint density at radius 1 is 1.15 bits per heavy atom. The lowest BCUT2D eigenvalue weighted by atomic mass is 10.1. The first-order chi connectivity index (χ1) is 15.8. The monoisotopic (exact) mass is 472 g/mol. The van der Waals surface area contributed by atoms with Crippen molar-refractivity contribution in [2.45, 2.75) is 25.3 Å². The summed E-state index contributed by atoms with van der Waals surface area (Å²) >= 11 is 0. The predicted octanol–water partition coefficient (Wildman–Crippen LogP) is 2.54. The van der Waals surface area contributed by atoms with E-state index in [1.807, 2.05) is 0 Å². The molecular formula is C22H24N4O6S. The van der Waals surface area contributed by atoms with Crippen molar-refractivity contribution in [2.24, 2.45) is 0 Å². The van der Waals surface area contributed by atoms with Gasteiger partial charge in [0.15, 0.2) is 6.61 Å². The minimum Gasteiger partial charge on any atom is -0.485 e. The van der Waals surface area contributed by atoms with E-state index in [0.29, 0.717) is 55.0 Å². The second-order valence-electron chi connectivity index (χ2n) is 7.47. The predicted molar refractivity (Wildman–Crippen MR) is 119 cm³/mol. The van der Waals surface area contributed by atoms with Crippen molar-refractivity contribution >= 4 is 21.6 Å². The Labute approximate surface area is 191 Å². The van der Waals surface area contributed by atoms with Crippen molar-refractivity contribution in [3.05, 3.63) is 65.3 Å². The van der Waals surface area contributed by atoms with Crippen molar-refractivity contribution in [1.29, 1.82) is 0 Å². The Hall–Kier alpha value is -3.28. The van der Waals surface area contributed by atoms with Gasteiger partial charge in [0.2, 0.25) is 21.7 Å². The number of amides is 1. The molecule has 1 amide bonds. The Balaban J connectivity index is 1.53. The molecule has 1 N–H and O–H groups in total. The van der Waals surface area contributed by atoms with E-state index in [-0.39, 0.29) is 17.1 Å². The van der Waals surface area contributed by atoms with E-state index in [4.69, 9.17) is 14.0 Å². The fourth-order valence-electron chi connectivity index (χ4n) is 3.40. The standard InChI is InChI=1S/C22H24N4O6S/c1-15-7-8-17(13-20(15)33(28,29)26-9-11-30-12-10-26)24-22(27)18-5-3-4-6-19(18)31-14-21-23-16(2)32-25-21/h3-8,13H,9-12,14H2,1-2H3,(H,24,27). The largest absolute Gasteiger partial charge is 0.485 e. The van der Waals surface area contributed by atoms with Gasteiger partial charge in [0, 0.05) is 25.7 Å². The van der Waals surface area contributed by atoms with Crippen molar-refractivity contribution in [3.63, 3.8) is 0 Å². The van der Waals surface area contributed by atoms with Crippen LogP contribution in [0.4, 0.5) is 5.69 Å². The molecule has 1 aliphatic rings. The lowest BCUT2D eigenvalue weighted by Gasteiger charge is -2.26. The third kappa shape index (κ3) is 5.21.